The van der Waals surface area contributed by atoms with E-state index >= 15 is 0 Å². The summed E-state index contributed by atoms with van der Waals surface area (Å²) in [5.41, 5.74) is 3.30. The molecule has 78 valence electrons. The summed E-state index contributed by atoms with van der Waals surface area (Å²) < 4.78 is 0. The summed E-state index contributed by atoms with van der Waals surface area (Å²) in [5.74, 6) is 0. The molecule has 0 bridgehead atoms. The van der Waals surface area contributed by atoms with Gasteiger partial charge in [0.25, 0.3) is 0 Å². The summed E-state index contributed by atoms with van der Waals surface area (Å²) in [4.78, 5) is 2.55. The van der Waals surface area contributed by atoms with Gasteiger partial charge in [0, 0.05) is 6.54 Å². The highest BCUT2D eigenvalue weighted by Gasteiger charge is 2.78. The zero-order valence-corrected chi connectivity index (χ0v) is 9.01. The number of fused-ring (bicyclic) bond motifs is 1. The summed E-state index contributed by atoms with van der Waals surface area (Å²) >= 11 is 0. The lowest BCUT2D eigenvalue weighted by Crippen LogP contribution is -2.06. The predicted molar refractivity (Wildman–Crippen MR) is 64.0 cm³/mol. The molecule has 0 saturated carbocycles. The fourth-order valence-electron chi connectivity index (χ4n) is 2.91. The van der Waals surface area contributed by atoms with Crippen LogP contribution in [0.15, 0.2) is 60.7 Å². The van der Waals surface area contributed by atoms with E-state index in [4.69, 9.17) is 0 Å². The van der Waals surface area contributed by atoms with Gasteiger partial charge in [-0.2, -0.15) is 0 Å². The fourth-order valence-corrected chi connectivity index (χ4v) is 2.91. The van der Waals surface area contributed by atoms with Gasteiger partial charge < -0.3 is 0 Å². The largest absolute Gasteiger partial charge is 0.279 e. The third-order valence-corrected chi connectivity index (χ3v) is 3.91. The van der Waals surface area contributed by atoms with Crippen LogP contribution in [0.5, 0.6) is 0 Å². The van der Waals surface area contributed by atoms with E-state index in [9.17, 15) is 0 Å². The molecule has 16 heavy (non-hydrogen) atoms. The van der Waals surface area contributed by atoms with Gasteiger partial charge in [-0.3, -0.25) is 4.90 Å². The number of nitrogens with zero attached hydrogens (tertiary/aromatic N) is 1. The van der Waals surface area contributed by atoms with Gasteiger partial charge in [0.15, 0.2) is 0 Å². The molecule has 0 radical (unpaired) electrons. The molecule has 0 amide bonds. The van der Waals surface area contributed by atoms with Crippen molar-refractivity contribution in [3.8, 4) is 0 Å². The molecule has 0 aromatic heterocycles. The maximum absolute atomic E-state index is 2.55. The molecule has 0 spiro atoms. The first-order chi connectivity index (χ1) is 7.93. The Kier molecular flexibility index (Phi) is 1.46. The van der Waals surface area contributed by atoms with Crippen LogP contribution in [0.4, 0.5) is 0 Å². The Bertz CT molecular complexity index is 520. The van der Waals surface area contributed by atoms with Crippen molar-refractivity contribution in [3.05, 3.63) is 71.8 Å². The second kappa shape index (κ2) is 2.74. The molecule has 2 aliphatic heterocycles. The lowest BCUT2D eigenvalue weighted by Gasteiger charge is -2.09. The number of hydrogen-bond donors (Lipinski definition) is 0. The Morgan fingerprint density at radius 1 is 0.875 bits per heavy atom. The van der Waals surface area contributed by atoms with Crippen LogP contribution in [-0.2, 0) is 5.54 Å². The highest BCUT2D eigenvalue weighted by Crippen LogP contribution is 2.72. The lowest BCUT2D eigenvalue weighted by atomic mass is 9.93. The zero-order chi connectivity index (χ0) is 10.6. The van der Waals surface area contributed by atoms with E-state index < -0.39 is 0 Å². The SMILES string of the molecule is c1ccc(C2N3CC23c2ccccc2)cc1. The summed E-state index contributed by atoms with van der Waals surface area (Å²) in [6.45, 7) is 1.23. The minimum atomic E-state index is 0.364. The molecule has 2 saturated heterocycles. The molecule has 0 aliphatic carbocycles. The number of hydrogen-bond acceptors (Lipinski definition) is 1. The average Bonchev–Trinajstić information content (AvgIpc) is 3.20. The van der Waals surface area contributed by atoms with Gasteiger partial charge in [-0.25, -0.2) is 0 Å². The summed E-state index contributed by atoms with van der Waals surface area (Å²) in [5, 5.41) is 0. The Labute approximate surface area is 95.3 Å². The molecule has 2 aromatic rings. The van der Waals surface area contributed by atoms with Crippen molar-refractivity contribution in [1.82, 2.24) is 4.90 Å². The summed E-state index contributed by atoms with van der Waals surface area (Å²) in [6, 6.07) is 22.3. The fraction of sp³-hybridized carbons (Fsp3) is 0.200. The highest BCUT2D eigenvalue weighted by atomic mass is 15.6. The standard InChI is InChI=1S/C15H13N/c1-3-7-12(8-4-1)14-15(11-16(14)15)13-9-5-2-6-10-13/h1-10,14H,11H2. The zero-order valence-electron chi connectivity index (χ0n) is 9.01. The second-order valence-corrected chi connectivity index (χ2v) is 4.73. The van der Waals surface area contributed by atoms with Crippen LogP contribution in [-0.4, -0.2) is 11.4 Å². The van der Waals surface area contributed by atoms with E-state index in [1.807, 2.05) is 0 Å². The van der Waals surface area contributed by atoms with Crippen molar-refractivity contribution in [2.75, 3.05) is 6.54 Å². The van der Waals surface area contributed by atoms with Crippen LogP contribution in [0.3, 0.4) is 0 Å². The Hall–Kier alpha value is -1.60. The van der Waals surface area contributed by atoms with Gasteiger partial charge in [-0.1, -0.05) is 60.7 Å². The molecule has 1 nitrogen and oxygen atoms in total. The molecule has 2 aromatic carbocycles. The summed E-state index contributed by atoms with van der Waals surface area (Å²) in [6.07, 6.45) is 0. The molecule has 2 aliphatic rings. The Morgan fingerprint density at radius 2 is 1.50 bits per heavy atom. The van der Waals surface area contributed by atoms with Crippen LogP contribution in [0.25, 0.3) is 0 Å². The van der Waals surface area contributed by atoms with Gasteiger partial charge in [-0.15, -0.1) is 0 Å². The molecule has 3 atom stereocenters. The van der Waals surface area contributed by atoms with Gasteiger partial charge in [-0.05, 0) is 11.1 Å². The average molecular weight is 207 g/mol. The lowest BCUT2D eigenvalue weighted by molar-refractivity contribution is 0.646. The van der Waals surface area contributed by atoms with Crippen molar-refractivity contribution >= 4 is 0 Å². The van der Waals surface area contributed by atoms with Crippen LogP contribution in [0.2, 0.25) is 0 Å². The first-order valence-electron chi connectivity index (χ1n) is 5.80. The molecule has 0 N–H and O–H groups in total. The maximum Gasteiger partial charge on any atom is 0.0795 e. The number of benzene rings is 2. The van der Waals surface area contributed by atoms with Gasteiger partial charge in [0.2, 0.25) is 0 Å². The molecule has 2 fully saturated rings. The topological polar surface area (TPSA) is 3.01 Å². The van der Waals surface area contributed by atoms with Crippen molar-refractivity contribution in [1.29, 1.82) is 0 Å². The van der Waals surface area contributed by atoms with E-state index in [-0.39, 0.29) is 0 Å². The minimum absolute atomic E-state index is 0.364. The monoisotopic (exact) mass is 207 g/mol. The van der Waals surface area contributed by atoms with E-state index in [2.05, 4.69) is 65.6 Å². The summed E-state index contributed by atoms with van der Waals surface area (Å²) in [7, 11) is 0. The smallest absolute Gasteiger partial charge is 0.0795 e. The minimum Gasteiger partial charge on any atom is -0.279 e. The Balaban J connectivity index is 1.70. The van der Waals surface area contributed by atoms with Crippen molar-refractivity contribution in [2.45, 2.75) is 11.6 Å². The quantitative estimate of drug-likeness (QED) is 0.684. The molecule has 4 rings (SSSR count). The first kappa shape index (κ1) is 8.54. The van der Waals surface area contributed by atoms with Gasteiger partial charge in [0.1, 0.15) is 0 Å². The molecule has 2 heterocycles. The van der Waals surface area contributed by atoms with Crippen LogP contribution in [0.1, 0.15) is 17.2 Å². The third-order valence-electron chi connectivity index (χ3n) is 3.91. The predicted octanol–water partition coefficient (Wildman–Crippen LogP) is 2.95. The van der Waals surface area contributed by atoms with E-state index in [1.54, 1.807) is 0 Å². The van der Waals surface area contributed by atoms with Gasteiger partial charge >= 0.3 is 0 Å². The first-order valence-corrected chi connectivity index (χ1v) is 5.80. The molecule has 1 heteroatoms. The van der Waals surface area contributed by atoms with Crippen molar-refractivity contribution in [3.63, 3.8) is 0 Å². The van der Waals surface area contributed by atoms with E-state index in [0.29, 0.717) is 11.6 Å². The highest BCUT2D eigenvalue weighted by molar-refractivity contribution is 5.50. The van der Waals surface area contributed by atoms with Crippen LogP contribution >= 0.6 is 0 Å². The van der Waals surface area contributed by atoms with E-state index in [1.165, 1.54) is 17.7 Å². The van der Waals surface area contributed by atoms with Crippen LogP contribution < -0.4 is 0 Å². The molecular weight excluding hydrogens is 194 g/mol. The van der Waals surface area contributed by atoms with Gasteiger partial charge in [0.05, 0.1) is 11.6 Å². The Morgan fingerprint density at radius 3 is 2.12 bits per heavy atom. The maximum atomic E-state index is 2.55. The van der Waals surface area contributed by atoms with E-state index in [0.717, 1.165) is 0 Å². The van der Waals surface area contributed by atoms with Crippen LogP contribution in [0, 0.1) is 0 Å². The number of rotatable bonds is 2. The molecule has 3 unspecified atom stereocenters. The van der Waals surface area contributed by atoms with Crippen molar-refractivity contribution < 1.29 is 0 Å². The third kappa shape index (κ3) is 0.940. The normalized spacial score (nSPS) is 34.2. The molecular formula is C15H13N. The van der Waals surface area contributed by atoms with Crippen molar-refractivity contribution in [2.24, 2.45) is 0 Å². The second-order valence-electron chi connectivity index (χ2n) is 4.73.